The van der Waals surface area contributed by atoms with Crippen molar-refractivity contribution in [3.63, 3.8) is 0 Å². The lowest BCUT2D eigenvalue weighted by Gasteiger charge is -2.03. The highest BCUT2D eigenvalue weighted by Gasteiger charge is 2.11. The fraction of sp³-hybridized carbons (Fsp3) is 0.118. The number of hydrogen-bond donors (Lipinski definition) is 1. The summed E-state index contributed by atoms with van der Waals surface area (Å²) >= 11 is 0. The van der Waals surface area contributed by atoms with Crippen LogP contribution in [0.1, 0.15) is 21.8 Å². The lowest BCUT2D eigenvalue weighted by molar-refractivity contribution is 0.0696. The molecule has 0 fully saturated rings. The molecule has 0 spiro atoms. The molecule has 0 aliphatic rings. The van der Waals surface area contributed by atoms with Crippen molar-refractivity contribution >= 4 is 5.97 Å². The molecular weight excluding hydrogens is 296 g/mol. The number of carboxylic acid groups (broad SMARTS) is 1. The SMILES string of the molecule is Cc1ccccc1-c1noc(COc2cccc(C(=O)O)c2)n1. The van der Waals surface area contributed by atoms with Gasteiger partial charge in [0.1, 0.15) is 5.75 Å². The van der Waals surface area contributed by atoms with Gasteiger partial charge in [-0.3, -0.25) is 0 Å². The summed E-state index contributed by atoms with van der Waals surface area (Å²) < 4.78 is 10.7. The molecule has 1 heterocycles. The monoisotopic (exact) mass is 310 g/mol. The lowest BCUT2D eigenvalue weighted by Crippen LogP contribution is -1.99. The fourth-order valence-corrected chi connectivity index (χ4v) is 2.11. The molecule has 0 amide bonds. The molecule has 0 atom stereocenters. The summed E-state index contributed by atoms with van der Waals surface area (Å²) in [5, 5.41) is 12.9. The Morgan fingerprint density at radius 3 is 2.83 bits per heavy atom. The number of aryl methyl sites for hydroxylation is 1. The number of aromatic carboxylic acids is 1. The second-order valence-electron chi connectivity index (χ2n) is 4.95. The first-order valence-electron chi connectivity index (χ1n) is 6.98. The Hall–Kier alpha value is -3.15. The number of ether oxygens (including phenoxy) is 1. The summed E-state index contributed by atoms with van der Waals surface area (Å²) in [6.07, 6.45) is 0. The first kappa shape index (κ1) is 14.8. The Labute approximate surface area is 132 Å². The minimum absolute atomic E-state index is 0.0714. The third-order valence-electron chi connectivity index (χ3n) is 3.30. The average molecular weight is 310 g/mol. The Morgan fingerprint density at radius 2 is 2.04 bits per heavy atom. The molecule has 23 heavy (non-hydrogen) atoms. The predicted molar refractivity (Wildman–Crippen MR) is 82.2 cm³/mol. The van der Waals surface area contributed by atoms with Gasteiger partial charge in [-0.25, -0.2) is 4.79 Å². The van der Waals surface area contributed by atoms with E-state index in [1.807, 2.05) is 31.2 Å². The number of carbonyl (C=O) groups is 1. The van der Waals surface area contributed by atoms with Crippen molar-refractivity contribution in [3.8, 4) is 17.1 Å². The summed E-state index contributed by atoms with van der Waals surface area (Å²) in [5.74, 6) is 0.251. The molecule has 3 aromatic rings. The first-order valence-corrected chi connectivity index (χ1v) is 6.98. The van der Waals surface area contributed by atoms with E-state index >= 15 is 0 Å². The second kappa shape index (κ2) is 6.31. The standard InChI is InChI=1S/C17H14N2O4/c1-11-5-2-3-8-14(11)16-18-15(23-19-16)10-22-13-7-4-6-12(9-13)17(20)21/h2-9H,10H2,1H3,(H,20,21). The minimum Gasteiger partial charge on any atom is -0.484 e. The lowest BCUT2D eigenvalue weighted by atomic mass is 10.1. The molecule has 6 nitrogen and oxygen atoms in total. The van der Waals surface area contributed by atoms with Gasteiger partial charge < -0.3 is 14.4 Å². The van der Waals surface area contributed by atoms with Crippen molar-refractivity contribution in [2.24, 2.45) is 0 Å². The topological polar surface area (TPSA) is 85.5 Å². The summed E-state index contributed by atoms with van der Waals surface area (Å²) in [5.41, 5.74) is 2.11. The van der Waals surface area contributed by atoms with E-state index in [0.29, 0.717) is 17.5 Å². The largest absolute Gasteiger partial charge is 0.484 e. The average Bonchev–Trinajstić information content (AvgIpc) is 3.02. The normalized spacial score (nSPS) is 10.5. The van der Waals surface area contributed by atoms with Gasteiger partial charge in [0, 0.05) is 5.56 Å². The maximum atomic E-state index is 10.9. The minimum atomic E-state index is -1.00. The number of benzene rings is 2. The van der Waals surface area contributed by atoms with E-state index in [4.69, 9.17) is 14.4 Å². The summed E-state index contributed by atoms with van der Waals surface area (Å²) in [7, 11) is 0. The molecule has 0 bridgehead atoms. The van der Waals surface area contributed by atoms with E-state index < -0.39 is 5.97 Å². The van der Waals surface area contributed by atoms with Crippen LogP contribution in [0.5, 0.6) is 5.75 Å². The highest BCUT2D eigenvalue weighted by atomic mass is 16.5. The van der Waals surface area contributed by atoms with Gasteiger partial charge in [0.05, 0.1) is 5.56 Å². The molecule has 1 aromatic heterocycles. The Balaban J connectivity index is 1.72. The number of carboxylic acids is 1. The number of nitrogens with zero attached hydrogens (tertiary/aromatic N) is 2. The Morgan fingerprint density at radius 1 is 1.22 bits per heavy atom. The third kappa shape index (κ3) is 3.37. The van der Waals surface area contributed by atoms with Gasteiger partial charge >= 0.3 is 5.97 Å². The summed E-state index contributed by atoms with van der Waals surface area (Å²) in [4.78, 5) is 15.2. The molecule has 0 aliphatic heterocycles. The van der Waals surface area contributed by atoms with Gasteiger partial charge in [-0.1, -0.05) is 35.5 Å². The van der Waals surface area contributed by atoms with Gasteiger partial charge in [-0.05, 0) is 30.7 Å². The zero-order chi connectivity index (χ0) is 16.2. The van der Waals surface area contributed by atoms with Crippen molar-refractivity contribution in [2.75, 3.05) is 0 Å². The van der Waals surface area contributed by atoms with E-state index in [0.717, 1.165) is 11.1 Å². The van der Waals surface area contributed by atoms with Crippen molar-refractivity contribution in [1.82, 2.24) is 10.1 Å². The van der Waals surface area contributed by atoms with Crippen LogP contribution in [-0.2, 0) is 6.61 Å². The molecule has 0 saturated carbocycles. The highest BCUT2D eigenvalue weighted by Crippen LogP contribution is 2.20. The van der Waals surface area contributed by atoms with Crippen molar-refractivity contribution in [2.45, 2.75) is 13.5 Å². The maximum absolute atomic E-state index is 10.9. The fourth-order valence-electron chi connectivity index (χ4n) is 2.11. The quantitative estimate of drug-likeness (QED) is 0.778. The molecule has 0 aliphatic carbocycles. The number of aromatic nitrogens is 2. The van der Waals surface area contributed by atoms with Crippen LogP contribution in [0.4, 0.5) is 0 Å². The second-order valence-corrected chi connectivity index (χ2v) is 4.95. The number of rotatable bonds is 5. The molecule has 1 N–H and O–H groups in total. The molecule has 0 saturated heterocycles. The van der Waals surface area contributed by atoms with Crippen LogP contribution >= 0.6 is 0 Å². The molecular formula is C17H14N2O4. The molecule has 6 heteroatoms. The molecule has 0 unspecified atom stereocenters. The zero-order valence-electron chi connectivity index (χ0n) is 12.4. The van der Waals surface area contributed by atoms with Crippen LogP contribution in [-0.4, -0.2) is 21.2 Å². The van der Waals surface area contributed by atoms with Gasteiger partial charge in [-0.15, -0.1) is 0 Å². The van der Waals surface area contributed by atoms with Crippen molar-refractivity contribution in [1.29, 1.82) is 0 Å². The zero-order valence-corrected chi connectivity index (χ0v) is 12.4. The van der Waals surface area contributed by atoms with E-state index in [2.05, 4.69) is 10.1 Å². The summed E-state index contributed by atoms with van der Waals surface area (Å²) in [6, 6.07) is 14.0. The number of hydrogen-bond acceptors (Lipinski definition) is 5. The van der Waals surface area contributed by atoms with E-state index in [-0.39, 0.29) is 12.2 Å². The van der Waals surface area contributed by atoms with Crippen LogP contribution < -0.4 is 4.74 Å². The van der Waals surface area contributed by atoms with E-state index in [1.165, 1.54) is 12.1 Å². The predicted octanol–water partition coefficient (Wildman–Crippen LogP) is 3.32. The van der Waals surface area contributed by atoms with Crippen LogP contribution in [0.2, 0.25) is 0 Å². The van der Waals surface area contributed by atoms with Crippen LogP contribution in [0.3, 0.4) is 0 Å². The smallest absolute Gasteiger partial charge is 0.335 e. The Bertz CT molecular complexity index is 842. The van der Waals surface area contributed by atoms with Crippen LogP contribution in [0, 0.1) is 6.92 Å². The molecule has 116 valence electrons. The van der Waals surface area contributed by atoms with Crippen molar-refractivity contribution < 1.29 is 19.2 Å². The Kier molecular flexibility index (Phi) is 4.05. The molecule has 2 aromatic carbocycles. The van der Waals surface area contributed by atoms with E-state index in [9.17, 15) is 4.79 Å². The highest BCUT2D eigenvalue weighted by molar-refractivity contribution is 5.88. The molecule has 0 radical (unpaired) electrons. The van der Waals surface area contributed by atoms with Crippen LogP contribution in [0.25, 0.3) is 11.4 Å². The maximum Gasteiger partial charge on any atom is 0.335 e. The van der Waals surface area contributed by atoms with Gasteiger partial charge in [0.25, 0.3) is 5.89 Å². The van der Waals surface area contributed by atoms with E-state index in [1.54, 1.807) is 12.1 Å². The van der Waals surface area contributed by atoms with Crippen LogP contribution in [0.15, 0.2) is 53.1 Å². The third-order valence-corrected chi connectivity index (χ3v) is 3.30. The molecule has 3 rings (SSSR count). The summed E-state index contributed by atoms with van der Waals surface area (Å²) in [6.45, 7) is 2.04. The van der Waals surface area contributed by atoms with Gasteiger partial charge in [0.15, 0.2) is 6.61 Å². The first-order chi connectivity index (χ1) is 11.1. The van der Waals surface area contributed by atoms with Gasteiger partial charge in [-0.2, -0.15) is 4.98 Å². The van der Waals surface area contributed by atoms with Gasteiger partial charge in [0.2, 0.25) is 5.82 Å². The van der Waals surface area contributed by atoms with Crippen molar-refractivity contribution in [3.05, 3.63) is 65.5 Å².